The molecule has 0 saturated heterocycles. The molecule has 1 aliphatic carbocycles. The molecule has 0 heterocycles. The van der Waals surface area contributed by atoms with Crippen LogP contribution < -0.4 is 10.8 Å². The molecule has 0 unspecified atom stereocenters. The summed E-state index contributed by atoms with van der Waals surface area (Å²) in [5, 5.41) is 12.3. The number of hydrogen-bond donors (Lipinski definition) is 3. The van der Waals surface area contributed by atoms with Crippen LogP contribution in [0, 0.1) is 19.8 Å². The Morgan fingerprint density at radius 1 is 1.36 bits per heavy atom. The molecule has 1 aromatic rings. The Morgan fingerprint density at radius 2 is 2.09 bits per heavy atom. The number of amides is 1. The fourth-order valence-corrected chi connectivity index (χ4v) is 3.24. The van der Waals surface area contributed by atoms with Crippen LogP contribution in [0.5, 0.6) is 0 Å². The summed E-state index contributed by atoms with van der Waals surface area (Å²) in [7, 11) is 0. The van der Waals surface area contributed by atoms with Crippen molar-refractivity contribution >= 4 is 11.6 Å². The molecule has 1 atom stereocenters. The first-order valence-electron chi connectivity index (χ1n) is 8.23. The van der Waals surface area contributed by atoms with Gasteiger partial charge in [-0.3, -0.25) is 10.0 Å². The van der Waals surface area contributed by atoms with E-state index in [1.807, 2.05) is 25.1 Å². The summed E-state index contributed by atoms with van der Waals surface area (Å²) in [6.07, 6.45) is 8.23. The fraction of sp³-hybridized carbons (Fsp3) is 0.556. The first-order chi connectivity index (χ1) is 10.6. The van der Waals surface area contributed by atoms with Crippen molar-refractivity contribution in [2.45, 2.75) is 57.9 Å². The SMILES string of the molecule is [CH2]c1ccc(C)c(N[C@@H](CCC2CCCCC2)C(=O)NO)c1. The van der Waals surface area contributed by atoms with Gasteiger partial charge >= 0.3 is 0 Å². The van der Waals surface area contributed by atoms with E-state index in [1.165, 1.54) is 32.1 Å². The molecule has 0 spiro atoms. The van der Waals surface area contributed by atoms with E-state index in [-0.39, 0.29) is 5.91 Å². The smallest absolute Gasteiger partial charge is 0.265 e. The van der Waals surface area contributed by atoms with Crippen molar-refractivity contribution in [3.8, 4) is 0 Å². The maximum Gasteiger partial charge on any atom is 0.265 e. The Hall–Kier alpha value is -1.55. The molecule has 1 saturated carbocycles. The van der Waals surface area contributed by atoms with Gasteiger partial charge in [-0.25, -0.2) is 5.48 Å². The van der Waals surface area contributed by atoms with Crippen molar-refractivity contribution in [3.63, 3.8) is 0 Å². The minimum absolute atomic E-state index is 0.371. The number of carbonyl (C=O) groups is 1. The van der Waals surface area contributed by atoms with Gasteiger partial charge < -0.3 is 5.32 Å². The quantitative estimate of drug-likeness (QED) is 0.553. The molecule has 1 fully saturated rings. The third-order valence-corrected chi connectivity index (χ3v) is 4.65. The average Bonchev–Trinajstić information content (AvgIpc) is 2.54. The summed E-state index contributed by atoms with van der Waals surface area (Å²) in [5.74, 6) is 0.342. The van der Waals surface area contributed by atoms with E-state index in [4.69, 9.17) is 5.21 Å². The predicted molar refractivity (Wildman–Crippen MR) is 88.8 cm³/mol. The molecule has 0 bridgehead atoms. The lowest BCUT2D eigenvalue weighted by Crippen LogP contribution is -2.38. The van der Waals surface area contributed by atoms with Gasteiger partial charge in [-0.05, 0) is 49.8 Å². The van der Waals surface area contributed by atoms with Crippen LogP contribution in [0.1, 0.15) is 56.1 Å². The van der Waals surface area contributed by atoms with Gasteiger partial charge in [0.15, 0.2) is 0 Å². The van der Waals surface area contributed by atoms with E-state index < -0.39 is 6.04 Å². The van der Waals surface area contributed by atoms with E-state index >= 15 is 0 Å². The van der Waals surface area contributed by atoms with Gasteiger partial charge in [-0.1, -0.05) is 44.2 Å². The van der Waals surface area contributed by atoms with Crippen molar-refractivity contribution in [3.05, 3.63) is 36.2 Å². The lowest BCUT2D eigenvalue weighted by molar-refractivity contribution is -0.130. The number of rotatable bonds is 6. The molecule has 121 valence electrons. The van der Waals surface area contributed by atoms with Gasteiger partial charge in [0.1, 0.15) is 6.04 Å². The monoisotopic (exact) mass is 303 g/mol. The molecule has 1 aliphatic rings. The average molecular weight is 303 g/mol. The second-order valence-electron chi connectivity index (χ2n) is 6.40. The van der Waals surface area contributed by atoms with Gasteiger partial charge in [0.2, 0.25) is 0 Å². The van der Waals surface area contributed by atoms with E-state index in [0.717, 1.165) is 29.7 Å². The summed E-state index contributed by atoms with van der Waals surface area (Å²) >= 11 is 0. The van der Waals surface area contributed by atoms with Crippen LogP contribution in [0.4, 0.5) is 5.69 Å². The Bertz CT molecular complexity index is 496. The van der Waals surface area contributed by atoms with Gasteiger partial charge in [0.25, 0.3) is 5.91 Å². The summed E-state index contributed by atoms with van der Waals surface area (Å²) in [5.41, 5.74) is 4.67. The van der Waals surface area contributed by atoms with Crippen molar-refractivity contribution in [2.24, 2.45) is 5.92 Å². The van der Waals surface area contributed by atoms with Crippen LogP contribution >= 0.6 is 0 Å². The highest BCUT2D eigenvalue weighted by Crippen LogP contribution is 2.28. The first-order valence-corrected chi connectivity index (χ1v) is 8.23. The van der Waals surface area contributed by atoms with Crippen molar-refractivity contribution in [2.75, 3.05) is 5.32 Å². The van der Waals surface area contributed by atoms with E-state index in [0.29, 0.717) is 5.92 Å². The Labute approximate surface area is 133 Å². The zero-order chi connectivity index (χ0) is 15.9. The molecule has 22 heavy (non-hydrogen) atoms. The summed E-state index contributed by atoms with van der Waals surface area (Å²) in [6, 6.07) is 5.46. The van der Waals surface area contributed by atoms with Crippen molar-refractivity contribution in [1.29, 1.82) is 0 Å². The molecule has 1 radical (unpaired) electrons. The highest BCUT2D eigenvalue weighted by Gasteiger charge is 2.21. The molecule has 1 amide bonds. The number of carbonyl (C=O) groups excluding carboxylic acids is 1. The fourth-order valence-electron chi connectivity index (χ4n) is 3.24. The molecule has 4 heteroatoms. The first kappa shape index (κ1) is 16.8. The van der Waals surface area contributed by atoms with Crippen LogP contribution in [0.2, 0.25) is 0 Å². The lowest BCUT2D eigenvalue weighted by Gasteiger charge is -2.25. The van der Waals surface area contributed by atoms with Gasteiger partial charge in [0.05, 0.1) is 0 Å². The van der Waals surface area contributed by atoms with Crippen molar-refractivity contribution < 1.29 is 10.0 Å². The number of hydrogen-bond acceptors (Lipinski definition) is 3. The van der Waals surface area contributed by atoms with Gasteiger partial charge in [0, 0.05) is 5.69 Å². The number of hydroxylamine groups is 1. The van der Waals surface area contributed by atoms with E-state index in [1.54, 1.807) is 5.48 Å². The normalized spacial score (nSPS) is 17.0. The van der Waals surface area contributed by atoms with E-state index in [2.05, 4.69) is 12.2 Å². The summed E-state index contributed by atoms with van der Waals surface area (Å²) in [4.78, 5) is 11.9. The van der Waals surface area contributed by atoms with Gasteiger partial charge in [-0.2, -0.15) is 0 Å². The molecule has 1 aromatic carbocycles. The predicted octanol–water partition coefficient (Wildman–Crippen LogP) is 3.82. The third-order valence-electron chi connectivity index (χ3n) is 4.65. The molecule has 2 rings (SSSR count). The van der Waals surface area contributed by atoms with Crippen LogP contribution in [-0.2, 0) is 4.79 Å². The zero-order valence-electron chi connectivity index (χ0n) is 13.4. The second kappa shape index (κ2) is 8.18. The highest BCUT2D eigenvalue weighted by atomic mass is 16.5. The standard InChI is InChI=1S/C18H27N2O2/c1-13-8-9-14(2)17(12-13)19-16(18(21)20-22)11-10-15-6-4-3-5-7-15/h8-9,12,15-16,19,22H,1,3-7,10-11H2,2H3,(H,20,21)/t16-/m0/s1. The van der Waals surface area contributed by atoms with Crippen LogP contribution in [0.25, 0.3) is 0 Å². The largest absolute Gasteiger partial charge is 0.373 e. The molecule has 4 nitrogen and oxygen atoms in total. The highest BCUT2D eigenvalue weighted by molar-refractivity contribution is 5.83. The maximum absolute atomic E-state index is 11.9. The maximum atomic E-state index is 11.9. The number of nitrogens with one attached hydrogen (secondary N) is 2. The Balaban J connectivity index is 1.99. The summed E-state index contributed by atoms with van der Waals surface area (Å²) in [6.45, 7) is 5.92. The minimum atomic E-state index is -0.410. The molecule has 0 aromatic heterocycles. The molecule has 0 aliphatic heterocycles. The molecular formula is C18H27N2O2. The molecule has 3 N–H and O–H groups in total. The zero-order valence-corrected chi connectivity index (χ0v) is 13.4. The van der Waals surface area contributed by atoms with Crippen LogP contribution in [0.15, 0.2) is 18.2 Å². The summed E-state index contributed by atoms with van der Waals surface area (Å²) < 4.78 is 0. The second-order valence-corrected chi connectivity index (χ2v) is 6.40. The van der Waals surface area contributed by atoms with Crippen molar-refractivity contribution in [1.82, 2.24) is 5.48 Å². The Morgan fingerprint density at radius 3 is 2.77 bits per heavy atom. The number of benzene rings is 1. The molecular weight excluding hydrogens is 276 g/mol. The third kappa shape index (κ3) is 4.73. The van der Waals surface area contributed by atoms with Crippen LogP contribution in [-0.4, -0.2) is 17.2 Å². The Kier molecular flexibility index (Phi) is 6.25. The van der Waals surface area contributed by atoms with E-state index in [9.17, 15) is 4.79 Å². The van der Waals surface area contributed by atoms with Gasteiger partial charge in [-0.15, -0.1) is 0 Å². The van der Waals surface area contributed by atoms with Crippen LogP contribution in [0.3, 0.4) is 0 Å². The number of aryl methyl sites for hydroxylation is 1. The number of anilines is 1. The lowest BCUT2D eigenvalue weighted by atomic mass is 9.85. The topological polar surface area (TPSA) is 61.4 Å². The minimum Gasteiger partial charge on any atom is -0.373 e.